The number of hydrogen-bond acceptors (Lipinski definition) is 9. The number of aromatic amines is 1. The average Bonchev–Trinajstić information content (AvgIpc) is 3.34. The van der Waals surface area contributed by atoms with Crippen molar-refractivity contribution in [2.24, 2.45) is 5.73 Å². The molecule has 2 aromatic rings. The van der Waals surface area contributed by atoms with Crippen LogP contribution in [-0.2, 0) is 32.0 Å². The van der Waals surface area contributed by atoms with Gasteiger partial charge in [-0.25, -0.2) is 9.78 Å². The summed E-state index contributed by atoms with van der Waals surface area (Å²) in [6, 6.07) is 0.981. The standard InChI is InChI=1S/C21H28N6O7S/c22-14(6-12-7-23-10-24-12)18(30)25-15(5-11-1-3-13(29)4-2-11)19(31)27-17(9-35)20(32)26-16(8-28)21(33)34/h1-4,7,10,14-17,28-29,35H,5-6,8-9,22H2,(H,23,24)(H,25,30)(H,26,32)(H,27,31)(H,33,34). The van der Waals surface area contributed by atoms with E-state index in [4.69, 9.17) is 15.9 Å². The number of aromatic nitrogens is 2. The number of carbonyl (C=O) groups is 4. The van der Waals surface area contributed by atoms with E-state index in [9.17, 15) is 24.3 Å². The van der Waals surface area contributed by atoms with E-state index in [1.54, 1.807) is 12.1 Å². The van der Waals surface area contributed by atoms with E-state index in [-0.39, 0.29) is 24.3 Å². The first-order valence-electron chi connectivity index (χ1n) is 10.5. The largest absolute Gasteiger partial charge is 0.508 e. The number of carboxylic acids is 1. The van der Waals surface area contributed by atoms with Crippen LogP contribution < -0.4 is 21.7 Å². The van der Waals surface area contributed by atoms with Gasteiger partial charge in [0.2, 0.25) is 17.7 Å². The van der Waals surface area contributed by atoms with E-state index < -0.39 is 54.5 Å². The van der Waals surface area contributed by atoms with Crippen LogP contribution in [0.3, 0.4) is 0 Å². The predicted molar refractivity (Wildman–Crippen MR) is 126 cm³/mol. The Labute approximate surface area is 205 Å². The topological polar surface area (TPSA) is 220 Å². The number of aliphatic carboxylic acids is 1. The molecule has 3 amide bonds. The second kappa shape index (κ2) is 13.3. The van der Waals surface area contributed by atoms with E-state index in [1.165, 1.54) is 24.7 Å². The molecule has 0 aliphatic heterocycles. The second-order valence-corrected chi connectivity index (χ2v) is 8.01. The summed E-state index contributed by atoms with van der Waals surface area (Å²) in [6.07, 6.45) is 3.10. The molecule has 4 atom stereocenters. The van der Waals surface area contributed by atoms with Crippen LogP contribution in [0, 0.1) is 0 Å². The van der Waals surface area contributed by atoms with E-state index in [2.05, 4.69) is 38.5 Å². The molecule has 0 saturated carbocycles. The number of aliphatic hydroxyl groups excluding tert-OH is 1. The van der Waals surface area contributed by atoms with Gasteiger partial charge in [-0.05, 0) is 17.7 Å². The molecular weight excluding hydrogens is 480 g/mol. The maximum Gasteiger partial charge on any atom is 0.328 e. The number of nitrogens with zero attached hydrogens (tertiary/aromatic N) is 1. The van der Waals surface area contributed by atoms with Crippen molar-refractivity contribution >= 4 is 36.3 Å². The van der Waals surface area contributed by atoms with Gasteiger partial charge in [0.15, 0.2) is 0 Å². The fraction of sp³-hybridized carbons (Fsp3) is 0.381. The third-order valence-electron chi connectivity index (χ3n) is 4.95. The van der Waals surface area contributed by atoms with E-state index in [0.717, 1.165) is 0 Å². The third-order valence-corrected chi connectivity index (χ3v) is 5.32. The smallest absolute Gasteiger partial charge is 0.328 e. The van der Waals surface area contributed by atoms with Crippen LogP contribution >= 0.6 is 12.6 Å². The Morgan fingerprint density at radius 1 is 0.971 bits per heavy atom. The molecule has 0 spiro atoms. The number of carboxylic acid groups (broad SMARTS) is 1. The number of phenols is 1. The summed E-state index contributed by atoms with van der Waals surface area (Å²) >= 11 is 4.03. The molecule has 0 bridgehead atoms. The van der Waals surface area contributed by atoms with Gasteiger partial charge in [-0.3, -0.25) is 14.4 Å². The third kappa shape index (κ3) is 8.59. The number of amides is 3. The van der Waals surface area contributed by atoms with Crippen molar-refractivity contribution in [2.75, 3.05) is 12.4 Å². The molecule has 0 aliphatic carbocycles. The molecule has 1 heterocycles. The highest BCUT2D eigenvalue weighted by atomic mass is 32.1. The van der Waals surface area contributed by atoms with Gasteiger partial charge in [-0.2, -0.15) is 12.6 Å². The summed E-state index contributed by atoms with van der Waals surface area (Å²) in [4.78, 5) is 55.9. The first-order chi connectivity index (χ1) is 16.6. The van der Waals surface area contributed by atoms with Crippen LogP contribution in [0.2, 0.25) is 0 Å². The Morgan fingerprint density at radius 2 is 1.57 bits per heavy atom. The number of aliphatic hydroxyl groups is 1. The molecule has 2 rings (SSSR count). The number of nitrogens with two attached hydrogens (primary N) is 1. The maximum atomic E-state index is 13.0. The number of thiol groups is 1. The minimum Gasteiger partial charge on any atom is -0.508 e. The van der Waals surface area contributed by atoms with Crippen molar-refractivity contribution in [1.29, 1.82) is 0 Å². The Morgan fingerprint density at radius 3 is 2.11 bits per heavy atom. The van der Waals surface area contributed by atoms with Crippen LogP contribution in [0.5, 0.6) is 5.75 Å². The van der Waals surface area contributed by atoms with Crippen LogP contribution in [-0.4, -0.2) is 85.5 Å². The van der Waals surface area contributed by atoms with Gasteiger partial charge in [0.1, 0.15) is 23.9 Å². The summed E-state index contributed by atoms with van der Waals surface area (Å²) in [5.41, 5.74) is 7.19. The highest BCUT2D eigenvalue weighted by Crippen LogP contribution is 2.12. The molecule has 1 aromatic heterocycles. The Bertz CT molecular complexity index is 1000. The van der Waals surface area contributed by atoms with Gasteiger partial charge in [0.25, 0.3) is 0 Å². The zero-order chi connectivity index (χ0) is 26.0. The monoisotopic (exact) mass is 508 g/mol. The van der Waals surface area contributed by atoms with Crippen LogP contribution in [0.15, 0.2) is 36.8 Å². The normalized spacial score (nSPS) is 14.3. The van der Waals surface area contributed by atoms with E-state index >= 15 is 0 Å². The molecule has 4 unspecified atom stereocenters. The fourth-order valence-corrected chi connectivity index (χ4v) is 3.26. The number of nitrogens with one attached hydrogen (secondary N) is 4. The van der Waals surface area contributed by atoms with Crippen molar-refractivity contribution in [1.82, 2.24) is 25.9 Å². The van der Waals surface area contributed by atoms with Gasteiger partial charge in [-0.1, -0.05) is 12.1 Å². The molecule has 14 heteroatoms. The lowest BCUT2D eigenvalue weighted by molar-refractivity contribution is -0.143. The lowest BCUT2D eigenvalue weighted by atomic mass is 10.0. The summed E-state index contributed by atoms with van der Waals surface area (Å²) < 4.78 is 0. The molecular formula is C21H28N6O7S. The first-order valence-corrected chi connectivity index (χ1v) is 11.1. The number of phenolic OH excluding ortho intramolecular Hbond substituents is 1. The predicted octanol–water partition coefficient (Wildman–Crippen LogP) is -2.31. The van der Waals surface area contributed by atoms with Crippen molar-refractivity contribution in [3.05, 3.63) is 48.0 Å². The molecule has 1 aromatic carbocycles. The Balaban J connectivity index is 2.14. The molecule has 0 saturated heterocycles. The molecule has 9 N–H and O–H groups in total. The lowest BCUT2D eigenvalue weighted by Crippen LogP contribution is -2.58. The number of carbonyl (C=O) groups excluding carboxylic acids is 3. The number of H-pyrrole nitrogens is 1. The summed E-state index contributed by atoms with van der Waals surface area (Å²) in [6.45, 7) is -0.845. The number of hydrogen-bond donors (Lipinski definition) is 9. The van der Waals surface area contributed by atoms with Crippen LogP contribution in [0.1, 0.15) is 11.3 Å². The zero-order valence-electron chi connectivity index (χ0n) is 18.5. The maximum absolute atomic E-state index is 13.0. The number of benzene rings is 1. The van der Waals surface area contributed by atoms with Gasteiger partial charge in [-0.15, -0.1) is 0 Å². The first kappa shape index (κ1) is 27.6. The number of imidazole rings is 1. The molecule has 35 heavy (non-hydrogen) atoms. The minimum absolute atomic E-state index is 0.00390. The second-order valence-electron chi connectivity index (χ2n) is 7.64. The molecule has 190 valence electrons. The van der Waals surface area contributed by atoms with E-state index in [0.29, 0.717) is 11.3 Å². The minimum atomic E-state index is -1.56. The molecule has 0 fully saturated rings. The lowest BCUT2D eigenvalue weighted by Gasteiger charge is -2.24. The average molecular weight is 509 g/mol. The summed E-state index contributed by atoms with van der Waals surface area (Å²) in [7, 11) is 0. The van der Waals surface area contributed by atoms with Crippen molar-refractivity contribution in [2.45, 2.75) is 37.0 Å². The van der Waals surface area contributed by atoms with E-state index in [1.807, 2.05) is 0 Å². The summed E-state index contributed by atoms with van der Waals surface area (Å²) in [5, 5.41) is 34.7. The van der Waals surface area contributed by atoms with Gasteiger partial charge < -0.3 is 42.0 Å². The van der Waals surface area contributed by atoms with Gasteiger partial charge >= 0.3 is 5.97 Å². The van der Waals surface area contributed by atoms with Crippen molar-refractivity contribution in [3.63, 3.8) is 0 Å². The van der Waals surface area contributed by atoms with Gasteiger partial charge in [0, 0.05) is 30.5 Å². The van der Waals surface area contributed by atoms with Gasteiger partial charge in [0.05, 0.1) is 19.0 Å². The molecule has 0 radical (unpaired) electrons. The highest BCUT2D eigenvalue weighted by Gasteiger charge is 2.30. The summed E-state index contributed by atoms with van der Waals surface area (Å²) in [5.74, 6) is -3.87. The molecule has 13 nitrogen and oxygen atoms in total. The Hall–Kier alpha value is -3.62. The fourth-order valence-electron chi connectivity index (χ4n) is 3.01. The zero-order valence-corrected chi connectivity index (χ0v) is 19.4. The SMILES string of the molecule is NC(Cc1cnc[nH]1)C(=O)NC(Cc1ccc(O)cc1)C(=O)NC(CS)C(=O)NC(CO)C(=O)O. The molecule has 0 aliphatic rings. The van der Waals surface area contributed by atoms with Crippen LogP contribution in [0.25, 0.3) is 0 Å². The Kier molecular flexibility index (Phi) is 10.5. The number of aromatic hydroxyl groups is 1. The van der Waals surface area contributed by atoms with Crippen molar-refractivity contribution < 1.29 is 34.5 Å². The quantitative estimate of drug-likeness (QED) is 0.132. The number of rotatable bonds is 13. The highest BCUT2D eigenvalue weighted by molar-refractivity contribution is 7.80. The van der Waals surface area contributed by atoms with Crippen LogP contribution in [0.4, 0.5) is 0 Å². The van der Waals surface area contributed by atoms with Crippen molar-refractivity contribution in [3.8, 4) is 5.75 Å².